The fraction of sp³-hybridized carbons (Fsp3) is 0.375. The predicted octanol–water partition coefficient (Wildman–Crippen LogP) is 4.37. The first-order chi connectivity index (χ1) is 16.7. The minimum absolute atomic E-state index is 0.0655. The average molecular weight is 519 g/mol. The Morgan fingerprint density at radius 2 is 1.97 bits per heavy atom. The summed E-state index contributed by atoms with van der Waals surface area (Å²) in [6.07, 6.45) is -3.71. The smallest absolute Gasteiger partial charge is 0.383 e. The Kier molecular flexibility index (Phi) is 7.38. The van der Waals surface area contributed by atoms with Crippen molar-refractivity contribution in [1.29, 1.82) is 10.7 Å². The van der Waals surface area contributed by atoms with Gasteiger partial charge in [0, 0.05) is 32.0 Å². The summed E-state index contributed by atoms with van der Waals surface area (Å²) in [5.41, 5.74) is -1.34. The number of nitrogens with one attached hydrogen (secondary N) is 1. The van der Waals surface area contributed by atoms with E-state index in [2.05, 4.69) is 4.98 Å². The summed E-state index contributed by atoms with van der Waals surface area (Å²) >= 11 is 5.61. The van der Waals surface area contributed by atoms with Crippen LogP contribution in [0.15, 0.2) is 30.5 Å². The van der Waals surface area contributed by atoms with Crippen LogP contribution in [-0.4, -0.2) is 59.6 Å². The number of ether oxygens (including phenoxy) is 1. The van der Waals surface area contributed by atoms with Gasteiger partial charge in [-0.15, -0.1) is 0 Å². The van der Waals surface area contributed by atoms with Gasteiger partial charge in [-0.25, -0.2) is 4.98 Å². The number of aromatic nitrogens is 1. The van der Waals surface area contributed by atoms with E-state index < -0.39 is 23.0 Å². The number of hydrogen-bond donors (Lipinski definition) is 1. The first-order valence-corrected chi connectivity index (χ1v) is 11.2. The summed E-state index contributed by atoms with van der Waals surface area (Å²) in [5.74, 6) is -0.249. The summed E-state index contributed by atoms with van der Waals surface area (Å²) in [5, 5.41) is 17.8. The first kappa shape index (κ1) is 27.0. The number of halogens is 3. The fourth-order valence-electron chi connectivity index (χ4n) is 3.93. The fourth-order valence-corrected chi connectivity index (χ4v) is 4.46. The van der Waals surface area contributed by atoms with Gasteiger partial charge < -0.3 is 14.5 Å². The zero-order valence-corrected chi connectivity index (χ0v) is 21.2. The van der Waals surface area contributed by atoms with E-state index in [1.807, 2.05) is 0 Å². The van der Waals surface area contributed by atoms with E-state index in [1.54, 1.807) is 62.9 Å². The molecule has 0 spiro atoms. The summed E-state index contributed by atoms with van der Waals surface area (Å²) in [6.45, 7) is 6.03. The molecule has 2 heterocycles. The van der Waals surface area contributed by atoms with Crippen LogP contribution in [0.3, 0.4) is 0 Å². The van der Waals surface area contributed by atoms with Crippen LogP contribution in [0.25, 0.3) is 0 Å². The maximum absolute atomic E-state index is 13.5. The third kappa shape index (κ3) is 4.76. The SMILES string of the molecule is COCCN(C)C(=O)c1ccc(N2C(=S)N(c3cnc(C#N)c(C(F)(F)F)c3)C(=N)C2(C)C)cc1C. The second-order valence-electron chi connectivity index (χ2n) is 8.78. The molecule has 1 amide bonds. The van der Waals surface area contributed by atoms with Crippen LogP contribution in [0.4, 0.5) is 24.5 Å². The number of pyridine rings is 1. The number of likely N-dealkylation sites (N-methyl/N-ethyl adjacent to an activating group) is 1. The highest BCUT2D eigenvalue weighted by molar-refractivity contribution is 7.81. The number of amides is 1. The van der Waals surface area contributed by atoms with Crippen LogP contribution in [0.5, 0.6) is 0 Å². The highest BCUT2D eigenvalue weighted by atomic mass is 32.1. The number of nitriles is 1. The monoisotopic (exact) mass is 518 g/mol. The number of amidine groups is 1. The first-order valence-electron chi connectivity index (χ1n) is 10.8. The molecule has 3 rings (SSSR count). The standard InChI is InChI=1S/C24H25F3N6O2S/c1-14-10-15(6-7-17(14)20(34)31(4)8-9-35-5)33-22(36)32(21(29)23(33,2)3)16-11-18(24(25,26)27)19(12-28)30-13-16/h6-7,10-11,13,29H,8-9H2,1-5H3. The normalized spacial score (nSPS) is 15.3. The number of alkyl halides is 3. The van der Waals surface area contributed by atoms with Crippen LogP contribution in [-0.2, 0) is 10.9 Å². The van der Waals surface area contributed by atoms with E-state index in [4.69, 9.17) is 27.6 Å². The Bertz CT molecular complexity index is 1270. The van der Waals surface area contributed by atoms with Gasteiger partial charge >= 0.3 is 6.18 Å². The molecule has 190 valence electrons. The summed E-state index contributed by atoms with van der Waals surface area (Å²) in [7, 11) is 3.23. The molecule has 1 aromatic heterocycles. The van der Waals surface area contributed by atoms with Gasteiger partial charge in [0.1, 0.15) is 11.9 Å². The minimum atomic E-state index is -4.80. The molecule has 0 radical (unpaired) electrons. The molecule has 0 bridgehead atoms. The molecule has 0 unspecified atom stereocenters. The van der Waals surface area contributed by atoms with Crippen molar-refractivity contribution >= 4 is 40.4 Å². The van der Waals surface area contributed by atoms with E-state index in [1.165, 1.54) is 11.0 Å². The Labute approximate surface area is 212 Å². The van der Waals surface area contributed by atoms with E-state index in [0.29, 0.717) is 30.0 Å². The van der Waals surface area contributed by atoms with Crippen LogP contribution in [0.2, 0.25) is 0 Å². The average Bonchev–Trinajstić information content (AvgIpc) is 2.99. The Hall–Kier alpha value is -3.56. The largest absolute Gasteiger partial charge is 0.419 e. The molecular weight excluding hydrogens is 493 g/mol. The molecule has 1 aliphatic rings. The number of nitrogens with zero attached hydrogens (tertiary/aromatic N) is 5. The number of benzene rings is 1. The van der Waals surface area contributed by atoms with Gasteiger partial charge in [-0.05, 0) is 62.8 Å². The summed E-state index contributed by atoms with van der Waals surface area (Å²) in [6, 6.07) is 7.32. The van der Waals surface area contributed by atoms with Gasteiger partial charge in [0.05, 0.1) is 29.6 Å². The van der Waals surface area contributed by atoms with E-state index >= 15 is 0 Å². The molecule has 1 N–H and O–H groups in total. The molecule has 1 saturated heterocycles. The number of methoxy groups -OCH3 is 1. The van der Waals surface area contributed by atoms with Crippen molar-refractivity contribution in [3.05, 3.63) is 52.8 Å². The van der Waals surface area contributed by atoms with E-state index in [-0.39, 0.29) is 22.5 Å². The van der Waals surface area contributed by atoms with Gasteiger partial charge in [0.2, 0.25) is 0 Å². The molecular formula is C24H25F3N6O2S. The van der Waals surface area contributed by atoms with Gasteiger partial charge in [-0.1, -0.05) is 0 Å². The van der Waals surface area contributed by atoms with Crippen LogP contribution in [0, 0.1) is 23.7 Å². The maximum Gasteiger partial charge on any atom is 0.419 e. The van der Waals surface area contributed by atoms with Crippen molar-refractivity contribution in [2.75, 3.05) is 37.1 Å². The number of anilines is 2. The second kappa shape index (κ2) is 9.83. The van der Waals surface area contributed by atoms with E-state index in [0.717, 1.165) is 12.3 Å². The quantitative estimate of drug-likeness (QED) is 0.568. The summed E-state index contributed by atoms with van der Waals surface area (Å²) < 4.78 is 45.6. The van der Waals surface area contributed by atoms with Crippen molar-refractivity contribution in [1.82, 2.24) is 9.88 Å². The second-order valence-corrected chi connectivity index (χ2v) is 9.14. The number of thiocarbonyl (C=S) groups is 1. The molecule has 1 aliphatic heterocycles. The molecule has 36 heavy (non-hydrogen) atoms. The molecule has 0 saturated carbocycles. The number of hydrogen-bond acceptors (Lipinski definition) is 6. The zero-order chi connectivity index (χ0) is 27.0. The lowest BCUT2D eigenvalue weighted by molar-refractivity contribution is -0.138. The molecule has 1 aromatic carbocycles. The van der Waals surface area contributed by atoms with Crippen molar-refractivity contribution in [2.24, 2.45) is 0 Å². The summed E-state index contributed by atoms with van der Waals surface area (Å²) in [4.78, 5) is 20.9. The number of carbonyl (C=O) groups excluding carboxylic acids is 1. The third-order valence-electron chi connectivity index (χ3n) is 5.96. The highest BCUT2D eigenvalue weighted by Gasteiger charge is 2.48. The van der Waals surface area contributed by atoms with Gasteiger partial charge in [0.15, 0.2) is 10.8 Å². The van der Waals surface area contributed by atoms with Crippen LogP contribution >= 0.6 is 12.2 Å². The number of aryl methyl sites for hydroxylation is 1. The Morgan fingerprint density at radius 1 is 1.31 bits per heavy atom. The van der Waals surface area contributed by atoms with Gasteiger partial charge in [-0.3, -0.25) is 15.1 Å². The topological polar surface area (TPSA) is 96.6 Å². The molecule has 1 fully saturated rings. The zero-order valence-electron chi connectivity index (χ0n) is 20.4. The van der Waals surface area contributed by atoms with Crippen molar-refractivity contribution in [3.63, 3.8) is 0 Å². The van der Waals surface area contributed by atoms with Crippen LogP contribution < -0.4 is 9.80 Å². The Balaban J connectivity index is 2.01. The molecule has 0 aliphatic carbocycles. The minimum Gasteiger partial charge on any atom is -0.383 e. The van der Waals surface area contributed by atoms with Crippen LogP contribution in [0.1, 0.15) is 41.0 Å². The molecule has 2 aromatic rings. The third-order valence-corrected chi connectivity index (χ3v) is 6.33. The predicted molar refractivity (Wildman–Crippen MR) is 133 cm³/mol. The number of carbonyl (C=O) groups is 1. The molecule has 8 nitrogen and oxygen atoms in total. The maximum atomic E-state index is 13.5. The van der Waals surface area contributed by atoms with Crippen molar-refractivity contribution in [2.45, 2.75) is 32.5 Å². The number of rotatable bonds is 6. The molecule has 0 atom stereocenters. The lowest BCUT2D eigenvalue weighted by Crippen LogP contribution is -2.44. The highest BCUT2D eigenvalue weighted by Crippen LogP contribution is 2.39. The van der Waals surface area contributed by atoms with Crippen molar-refractivity contribution < 1.29 is 22.7 Å². The lowest BCUT2D eigenvalue weighted by atomic mass is 10.0. The van der Waals surface area contributed by atoms with E-state index in [9.17, 15) is 18.0 Å². The van der Waals surface area contributed by atoms with Gasteiger partial charge in [0.25, 0.3) is 5.91 Å². The Morgan fingerprint density at radius 3 is 2.53 bits per heavy atom. The van der Waals surface area contributed by atoms with Gasteiger partial charge in [-0.2, -0.15) is 18.4 Å². The van der Waals surface area contributed by atoms with Crippen molar-refractivity contribution in [3.8, 4) is 6.07 Å². The lowest BCUT2D eigenvalue weighted by Gasteiger charge is -2.31. The molecule has 12 heteroatoms.